The zero-order valence-electron chi connectivity index (χ0n) is 15.9. The van der Waals surface area contributed by atoms with Gasteiger partial charge in [-0.15, -0.1) is 11.3 Å². The van der Waals surface area contributed by atoms with Gasteiger partial charge in [-0.05, 0) is 42.3 Å². The van der Waals surface area contributed by atoms with Gasteiger partial charge in [0.1, 0.15) is 10.3 Å². The number of hydrogen-bond acceptors (Lipinski definition) is 6. The Labute approximate surface area is 178 Å². The summed E-state index contributed by atoms with van der Waals surface area (Å²) in [6.07, 6.45) is 3.73. The van der Waals surface area contributed by atoms with E-state index in [0.717, 1.165) is 27.3 Å². The van der Waals surface area contributed by atoms with Gasteiger partial charge in [0.15, 0.2) is 0 Å². The van der Waals surface area contributed by atoms with Gasteiger partial charge in [0, 0.05) is 35.9 Å². The van der Waals surface area contributed by atoms with Crippen LogP contribution >= 0.6 is 11.3 Å². The number of nitrogens with one attached hydrogen (secondary N) is 1. The molecule has 1 amide bonds. The van der Waals surface area contributed by atoms with E-state index < -0.39 is 16.1 Å². The van der Waals surface area contributed by atoms with Crippen LogP contribution in [0.3, 0.4) is 0 Å². The lowest BCUT2D eigenvalue weighted by atomic mass is 10.1. The molecule has 1 aliphatic heterocycles. The van der Waals surface area contributed by atoms with Crippen molar-refractivity contribution in [1.29, 1.82) is 5.26 Å². The summed E-state index contributed by atoms with van der Waals surface area (Å²) >= 11 is 1.14. The third-order valence-electron chi connectivity index (χ3n) is 4.82. The highest BCUT2D eigenvalue weighted by Crippen LogP contribution is 2.30. The summed E-state index contributed by atoms with van der Waals surface area (Å²) in [6, 6.07) is 15.3. The molecule has 2 aromatic heterocycles. The van der Waals surface area contributed by atoms with Crippen molar-refractivity contribution in [1.82, 2.24) is 14.6 Å². The molecule has 30 heavy (non-hydrogen) atoms. The quantitative estimate of drug-likeness (QED) is 0.637. The Balaban J connectivity index is 1.45. The van der Waals surface area contributed by atoms with Crippen LogP contribution in [0, 0.1) is 11.3 Å². The molecule has 1 saturated heterocycles. The van der Waals surface area contributed by atoms with E-state index in [2.05, 4.69) is 15.8 Å². The Morgan fingerprint density at radius 3 is 2.87 bits per heavy atom. The maximum Gasteiger partial charge on any atom is 0.250 e. The molecule has 4 rings (SSSR count). The Morgan fingerprint density at radius 2 is 2.10 bits per heavy atom. The lowest BCUT2D eigenvalue weighted by molar-refractivity contribution is -0.129. The number of nitriles is 1. The first-order valence-corrected chi connectivity index (χ1v) is 11.6. The van der Waals surface area contributed by atoms with E-state index in [9.17, 15) is 13.2 Å². The molecule has 1 atom stereocenters. The summed E-state index contributed by atoms with van der Waals surface area (Å²) < 4.78 is 28.3. The van der Waals surface area contributed by atoms with Crippen molar-refractivity contribution >= 4 is 27.3 Å². The van der Waals surface area contributed by atoms with E-state index in [4.69, 9.17) is 5.26 Å². The molecule has 3 heterocycles. The molecule has 1 unspecified atom stereocenters. The maximum atomic E-state index is 12.8. The third kappa shape index (κ3) is 4.26. The van der Waals surface area contributed by atoms with E-state index in [1.807, 2.05) is 12.1 Å². The number of benzene rings is 1. The molecular weight excluding hydrogens is 420 g/mol. The first-order valence-electron chi connectivity index (χ1n) is 9.27. The Hall–Kier alpha value is -3.06. The predicted molar refractivity (Wildman–Crippen MR) is 113 cm³/mol. The van der Waals surface area contributed by atoms with Crippen LogP contribution in [0.4, 0.5) is 0 Å². The molecule has 0 spiro atoms. The third-order valence-corrected chi connectivity index (χ3v) is 7.91. The Morgan fingerprint density at radius 1 is 1.23 bits per heavy atom. The molecule has 0 radical (unpaired) electrons. The number of nitrogens with zero attached hydrogens (tertiary/aromatic N) is 3. The summed E-state index contributed by atoms with van der Waals surface area (Å²) in [5.41, 5.74) is 2.20. The van der Waals surface area contributed by atoms with Crippen LogP contribution in [0.15, 0.2) is 65.1 Å². The minimum Gasteiger partial charge on any atom is -0.337 e. The largest absolute Gasteiger partial charge is 0.337 e. The van der Waals surface area contributed by atoms with Gasteiger partial charge in [-0.25, -0.2) is 8.42 Å². The number of likely N-dealkylation sites (tertiary alicyclic amines) is 1. The lowest BCUT2D eigenvalue weighted by Gasteiger charge is -2.17. The summed E-state index contributed by atoms with van der Waals surface area (Å²) in [5, 5.41) is 9.02. The molecule has 0 aliphatic carbocycles. The topological polar surface area (TPSA) is 103 Å². The monoisotopic (exact) mass is 438 g/mol. The van der Waals surface area contributed by atoms with Crippen LogP contribution in [0.5, 0.6) is 0 Å². The first kappa shape index (κ1) is 20.2. The van der Waals surface area contributed by atoms with Gasteiger partial charge < -0.3 is 4.90 Å². The van der Waals surface area contributed by atoms with Crippen molar-refractivity contribution in [3.8, 4) is 16.5 Å². The van der Waals surface area contributed by atoms with Crippen molar-refractivity contribution in [3.63, 3.8) is 0 Å². The molecule has 1 fully saturated rings. The van der Waals surface area contributed by atoms with Gasteiger partial charge in [0.25, 0.3) is 10.0 Å². The second kappa shape index (κ2) is 8.36. The summed E-state index contributed by atoms with van der Waals surface area (Å²) in [5.74, 6) is -0.259. The first-order chi connectivity index (χ1) is 14.5. The van der Waals surface area contributed by atoms with E-state index >= 15 is 0 Å². The summed E-state index contributed by atoms with van der Waals surface area (Å²) in [7, 11) is -3.81. The molecular formula is C21H18N4O3S2. The number of carbonyl (C=O) groups is 1. The summed E-state index contributed by atoms with van der Waals surface area (Å²) in [4.78, 5) is 19.2. The fourth-order valence-corrected chi connectivity index (χ4v) is 5.88. The van der Waals surface area contributed by atoms with Gasteiger partial charge in [0.05, 0.1) is 11.6 Å². The molecule has 152 valence electrons. The molecule has 9 heteroatoms. The van der Waals surface area contributed by atoms with Crippen LogP contribution in [0.25, 0.3) is 10.4 Å². The van der Waals surface area contributed by atoms with Gasteiger partial charge >= 0.3 is 0 Å². The Bertz CT molecular complexity index is 1220. The number of hydrogen-bond donors (Lipinski definition) is 1. The molecule has 1 aromatic carbocycles. The smallest absolute Gasteiger partial charge is 0.250 e. The van der Waals surface area contributed by atoms with E-state index in [-0.39, 0.29) is 10.1 Å². The molecule has 7 nitrogen and oxygen atoms in total. The van der Waals surface area contributed by atoms with Gasteiger partial charge in [-0.2, -0.15) is 9.98 Å². The standard InChI is InChI=1S/C21H18N4O3S2/c22-12-15-3-1-4-16(11-15)14-25-10-8-18(21(25)26)24-30(27,28)20-7-6-19(29-20)17-5-2-9-23-13-17/h1-7,9,11,13,18,24H,8,10,14H2. The van der Waals surface area contributed by atoms with Crippen molar-refractivity contribution in [3.05, 3.63) is 72.1 Å². The molecule has 1 N–H and O–H groups in total. The molecule has 0 bridgehead atoms. The lowest BCUT2D eigenvalue weighted by Crippen LogP contribution is -2.41. The zero-order valence-corrected chi connectivity index (χ0v) is 17.5. The minimum atomic E-state index is -3.81. The van der Waals surface area contributed by atoms with Crippen LogP contribution in [-0.2, 0) is 21.4 Å². The summed E-state index contributed by atoms with van der Waals surface area (Å²) in [6.45, 7) is 0.797. The minimum absolute atomic E-state index is 0.161. The van der Waals surface area contributed by atoms with Crippen molar-refractivity contribution < 1.29 is 13.2 Å². The van der Waals surface area contributed by atoms with Crippen molar-refractivity contribution in [2.45, 2.75) is 23.2 Å². The van der Waals surface area contributed by atoms with E-state index in [1.165, 1.54) is 0 Å². The highest BCUT2D eigenvalue weighted by atomic mass is 32.2. The average Bonchev–Trinajstić information content (AvgIpc) is 3.38. The fourth-order valence-electron chi connectivity index (χ4n) is 3.34. The van der Waals surface area contributed by atoms with E-state index in [1.54, 1.807) is 53.7 Å². The Kier molecular flexibility index (Phi) is 5.63. The van der Waals surface area contributed by atoms with Crippen LogP contribution in [0.2, 0.25) is 0 Å². The van der Waals surface area contributed by atoms with Crippen LogP contribution < -0.4 is 4.72 Å². The van der Waals surface area contributed by atoms with Crippen molar-refractivity contribution in [2.75, 3.05) is 6.54 Å². The SMILES string of the molecule is N#Cc1cccc(CN2CCC(NS(=O)(=O)c3ccc(-c4cccnc4)s3)C2=O)c1. The van der Waals surface area contributed by atoms with Crippen LogP contribution in [-0.4, -0.2) is 36.8 Å². The highest BCUT2D eigenvalue weighted by molar-refractivity contribution is 7.91. The van der Waals surface area contributed by atoms with E-state index in [0.29, 0.717) is 25.1 Å². The number of carbonyl (C=O) groups excluding carboxylic acids is 1. The fraction of sp³-hybridized carbons (Fsp3) is 0.190. The number of rotatable bonds is 6. The van der Waals surface area contributed by atoms with Crippen LogP contribution in [0.1, 0.15) is 17.5 Å². The number of aromatic nitrogens is 1. The number of thiophene rings is 1. The normalized spacial score (nSPS) is 16.6. The zero-order chi connectivity index (χ0) is 21.1. The van der Waals surface area contributed by atoms with Crippen molar-refractivity contribution in [2.24, 2.45) is 0 Å². The number of sulfonamides is 1. The number of pyridine rings is 1. The average molecular weight is 439 g/mol. The van der Waals surface area contributed by atoms with Gasteiger partial charge in [-0.3, -0.25) is 9.78 Å². The predicted octanol–water partition coefficient (Wildman–Crippen LogP) is 2.76. The molecule has 3 aromatic rings. The van der Waals surface area contributed by atoms with Gasteiger partial charge in [0.2, 0.25) is 5.91 Å². The number of amides is 1. The van der Waals surface area contributed by atoms with Gasteiger partial charge in [-0.1, -0.05) is 18.2 Å². The molecule has 0 saturated carbocycles. The molecule has 1 aliphatic rings. The highest BCUT2D eigenvalue weighted by Gasteiger charge is 2.35. The second-order valence-corrected chi connectivity index (χ2v) is 9.92. The second-order valence-electron chi connectivity index (χ2n) is 6.89. The maximum absolute atomic E-state index is 12.8.